The van der Waals surface area contributed by atoms with Crippen molar-refractivity contribution < 1.29 is 28.2 Å². The number of pyridine rings is 2. The van der Waals surface area contributed by atoms with Crippen LogP contribution in [0.15, 0.2) is 42.7 Å². The summed E-state index contributed by atoms with van der Waals surface area (Å²) in [6, 6.07) is 7.17. The molecule has 2 N–H and O–H groups in total. The minimum atomic E-state index is -1.23. The van der Waals surface area contributed by atoms with Gasteiger partial charge in [0, 0.05) is 29.2 Å². The summed E-state index contributed by atoms with van der Waals surface area (Å²) in [5, 5.41) is 20.5. The van der Waals surface area contributed by atoms with Crippen LogP contribution in [0, 0.1) is 18.6 Å². The Balaban J connectivity index is 1.50. The molecule has 0 unspecified atom stereocenters. The summed E-state index contributed by atoms with van der Waals surface area (Å²) in [7, 11) is 1.41. The number of amides is 1. The second-order valence-corrected chi connectivity index (χ2v) is 9.46. The van der Waals surface area contributed by atoms with Crippen molar-refractivity contribution in [3.8, 4) is 22.1 Å². The number of carbonyl (C=O) groups is 1. The van der Waals surface area contributed by atoms with Crippen molar-refractivity contribution in [2.75, 3.05) is 12.4 Å². The van der Waals surface area contributed by atoms with Gasteiger partial charge in [0.15, 0.2) is 0 Å². The molecular formula is C25H23F2N5O4S. The minimum absolute atomic E-state index is 0.0167. The van der Waals surface area contributed by atoms with Crippen molar-refractivity contribution in [3.63, 3.8) is 0 Å². The topological polar surface area (TPSA) is 119 Å². The van der Waals surface area contributed by atoms with Crippen molar-refractivity contribution >= 4 is 22.4 Å². The predicted molar refractivity (Wildman–Crippen MR) is 133 cm³/mol. The normalized spacial score (nSPS) is 11.3. The molecule has 192 valence electrons. The van der Waals surface area contributed by atoms with Gasteiger partial charge in [-0.05, 0) is 56.4 Å². The third-order valence-corrected chi connectivity index (χ3v) is 6.08. The number of carbonyl (C=O) groups excluding carboxylic acids is 1. The van der Waals surface area contributed by atoms with Crippen LogP contribution in [0.4, 0.5) is 13.9 Å². The van der Waals surface area contributed by atoms with E-state index in [9.17, 15) is 18.7 Å². The van der Waals surface area contributed by atoms with E-state index in [-0.39, 0.29) is 39.5 Å². The summed E-state index contributed by atoms with van der Waals surface area (Å²) in [5.41, 5.74) is 0.230. The third-order valence-electron chi connectivity index (χ3n) is 5.33. The monoisotopic (exact) mass is 527 g/mol. The summed E-state index contributed by atoms with van der Waals surface area (Å²) < 4.78 is 39.9. The zero-order valence-electron chi connectivity index (χ0n) is 20.4. The van der Waals surface area contributed by atoms with E-state index in [2.05, 4.69) is 25.5 Å². The van der Waals surface area contributed by atoms with Gasteiger partial charge in [0.1, 0.15) is 29.7 Å². The number of aliphatic hydroxyl groups is 1. The highest BCUT2D eigenvalue weighted by molar-refractivity contribution is 7.17. The fourth-order valence-electron chi connectivity index (χ4n) is 3.40. The third kappa shape index (κ3) is 5.87. The summed E-state index contributed by atoms with van der Waals surface area (Å²) in [6.45, 7) is 4.54. The number of hydrogen-bond donors (Lipinski definition) is 2. The molecule has 1 amide bonds. The first kappa shape index (κ1) is 26.0. The number of methoxy groups -OCH3 is 1. The largest absolute Gasteiger partial charge is 0.496 e. The molecule has 37 heavy (non-hydrogen) atoms. The molecule has 3 aromatic heterocycles. The van der Waals surface area contributed by atoms with Crippen LogP contribution in [0.2, 0.25) is 0 Å². The Kier molecular flexibility index (Phi) is 7.41. The average molecular weight is 528 g/mol. The number of rotatable bonds is 8. The molecule has 0 spiro atoms. The molecule has 0 aliphatic carbocycles. The number of aromatic nitrogens is 4. The average Bonchev–Trinajstić information content (AvgIpc) is 3.29. The van der Waals surface area contributed by atoms with Crippen LogP contribution >= 0.6 is 11.3 Å². The molecule has 0 fully saturated rings. The van der Waals surface area contributed by atoms with E-state index in [0.717, 1.165) is 11.3 Å². The maximum Gasteiger partial charge on any atom is 0.296 e. The number of aryl methyl sites for hydroxylation is 1. The van der Waals surface area contributed by atoms with Crippen molar-refractivity contribution in [3.05, 3.63) is 76.9 Å². The molecule has 0 saturated carbocycles. The molecule has 4 aromatic rings. The first-order valence-electron chi connectivity index (χ1n) is 11.0. The lowest BCUT2D eigenvalue weighted by molar-refractivity contribution is 0.0776. The number of nitrogens with one attached hydrogen (secondary N) is 1. The Morgan fingerprint density at radius 2 is 1.92 bits per heavy atom. The molecule has 0 aliphatic rings. The molecule has 12 heteroatoms. The van der Waals surface area contributed by atoms with Crippen LogP contribution in [0.5, 0.6) is 10.9 Å². The summed E-state index contributed by atoms with van der Waals surface area (Å²) in [5.74, 6) is -1.52. The van der Waals surface area contributed by atoms with Gasteiger partial charge in [0.25, 0.3) is 11.1 Å². The van der Waals surface area contributed by atoms with Crippen LogP contribution < -0.4 is 14.8 Å². The van der Waals surface area contributed by atoms with E-state index >= 15 is 0 Å². The number of benzene rings is 1. The van der Waals surface area contributed by atoms with Crippen molar-refractivity contribution in [1.29, 1.82) is 0 Å². The van der Waals surface area contributed by atoms with Gasteiger partial charge in [-0.15, -0.1) is 5.10 Å². The molecule has 0 atom stereocenters. The van der Waals surface area contributed by atoms with E-state index in [1.807, 2.05) is 0 Å². The van der Waals surface area contributed by atoms with Gasteiger partial charge < -0.3 is 14.6 Å². The lowest BCUT2D eigenvalue weighted by Crippen LogP contribution is -2.17. The van der Waals surface area contributed by atoms with Crippen LogP contribution in [0.3, 0.4) is 0 Å². The maximum absolute atomic E-state index is 14.7. The fourth-order valence-corrected chi connectivity index (χ4v) is 3.99. The van der Waals surface area contributed by atoms with Gasteiger partial charge in [-0.3, -0.25) is 20.1 Å². The lowest BCUT2D eigenvalue weighted by Gasteiger charge is -2.17. The van der Waals surface area contributed by atoms with Crippen LogP contribution in [0.1, 0.15) is 41.2 Å². The highest BCUT2D eigenvalue weighted by atomic mass is 32.1. The number of hydrogen-bond acceptors (Lipinski definition) is 9. The predicted octanol–water partition coefficient (Wildman–Crippen LogP) is 4.65. The van der Waals surface area contributed by atoms with Gasteiger partial charge in [-0.1, -0.05) is 11.2 Å². The SMILES string of the molecule is COc1cccc(F)c1-c1cc(C)ncc1C(=O)Nc1nnc(OCc2ncc(C(C)(C)O)cc2F)s1. The second kappa shape index (κ2) is 10.5. The molecule has 4 rings (SSSR count). The number of ether oxygens (including phenoxy) is 2. The van der Waals surface area contributed by atoms with E-state index < -0.39 is 23.1 Å². The molecule has 0 saturated heterocycles. The highest BCUT2D eigenvalue weighted by Crippen LogP contribution is 2.35. The van der Waals surface area contributed by atoms with E-state index in [4.69, 9.17) is 9.47 Å². The van der Waals surface area contributed by atoms with Gasteiger partial charge in [0.2, 0.25) is 5.13 Å². The number of anilines is 1. The summed E-state index contributed by atoms with van der Waals surface area (Å²) >= 11 is 0.918. The lowest BCUT2D eigenvalue weighted by atomic mass is 9.98. The molecule has 0 radical (unpaired) electrons. The Labute approximate surface area is 215 Å². The van der Waals surface area contributed by atoms with E-state index in [0.29, 0.717) is 16.8 Å². The van der Waals surface area contributed by atoms with E-state index in [1.54, 1.807) is 19.1 Å². The first-order valence-corrected chi connectivity index (χ1v) is 11.8. The number of nitrogens with zero attached hydrogens (tertiary/aromatic N) is 4. The van der Waals surface area contributed by atoms with Gasteiger partial charge in [-0.25, -0.2) is 8.78 Å². The molecule has 0 bridgehead atoms. The first-order chi connectivity index (χ1) is 17.6. The standard InChI is InChI=1S/C25H23F2N5O4S/c1-13-8-15(21-17(26)6-5-7-20(21)35-4)16(11-28-13)22(33)30-23-31-32-24(37-23)36-12-19-18(27)9-14(10-29-19)25(2,3)34/h5-11,34H,12H2,1-4H3,(H,30,31,33). The highest BCUT2D eigenvalue weighted by Gasteiger charge is 2.22. The minimum Gasteiger partial charge on any atom is -0.496 e. The van der Waals surface area contributed by atoms with Crippen LogP contribution in [0.25, 0.3) is 11.1 Å². The van der Waals surface area contributed by atoms with Crippen molar-refractivity contribution in [1.82, 2.24) is 20.2 Å². The van der Waals surface area contributed by atoms with Gasteiger partial charge in [0.05, 0.1) is 23.8 Å². The molecule has 1 aromatic carbocycles. The zero-order valence-corrected chi connectivity index (χ0v) is 21.2. The summed E-state index contributed by atoms with van der Waals surface area (Å²) in [6.07, 6.45) is 2.71. The van der Waals surface area contributed by atoms with Gasteiger partial charge in [-0.2, -0.15) is 0 Å². The molecule has 0 aliphatic heterocycles. The zero-order chi connectivity index (χ0) is 26.7. The van der Waals surface area contributed by atoms with Crippen molar-refractivity contribution in [2.24, 2.45) is 0 Å². The van der Waals surface area contributed by atoms with Crippen molar-refractivity contribution in [2.45, 2.75) is 33.0 Å². The summed E-state index contributed by atoms with van der Waals surface area (Å²) in [4.78, 5) is 21.3. The molecular weight excluding hydrogens is 504 g/mol. The fraction of sp³-hybridized carbons (Fsp3) is 0.240. The Morgan fingerprint density at radius 1 is 1.14 bits per heavy atom. The van der Waals surface area contributed by atoms with Crippen LogP contribution in [-0.4, -0.2) is 38.3 Å². The Hall–Kier alpha value is -4.03. The second-order valence-electron chi connectivity index (χ2n) is 8.52. The van der Waals surface area contributed by atoms with E-state index in [1.165, 1.54) is 51.6 Å². The van der Waals surface area contributed by atoms with Gasteiger partial charge >= 0.3 is 0 Å². The smallest absolute Gasteiger partial charge is 0.296 e. The Bertz CT molecular complexity index is 1460. The molecule has 3 heterocycles. The molecule has 9 nitrogen and oxygen atoms in total. The van der Waals surface area contributed by atoms with Crippen LogP contribution in [-0.2, 0) is 12.2 Å². The maximum atomic E-state index is 14.7. The quantitative estimate of drug-likeness (QED) is 0.340. The number of halogens is 2. The Morgan fingerprint density at radius 3 is 2.62 bits per heavy atom.